The van der Waals surface area contributed by atoms with Crippen LogP contribution in [0, 0.1) is 0 Å². The summed E-state index contributed by atoms with van der Waals surface area (Å²) in [5.74, 6) is -0.457. The van der Waals surface area contributed by atoms with Crippen LogP contribution < -0.4 is 5.56 Å². The van der Waals surface area contributed by atoms with E-state index < -0.39 is 5.97 Å². The number of nitrogens with one attached hydrogen (secondary N) is 1. The van der Waals surface area contributed by atoms with Crippen molar-refractivity contribution in [1.82, 2.24) is 14.6 Å². The molecule has 2 aromatic heterocycles. The number of aryl methyl sites for hydroxylation is 1. The van der Waals surface area contributed by atoms with Crippen LogP contribution in [-0.2, 0) is 17.6 Å². The van der Waals surface area contributed by atoms with Crippen molar-refractivity contribution in [3.05, 3.63) is 33.4 Å². The molecule has 1 aliphatic carbocycles. The normalized spacial score (nSPS) is 13.8. The molecule has 2 aromatic rings. The first kappa shape index (κ1) is 11.0. The van der Waals surface area contributed by atoms with Gasteiger partial charge in [-0.05, 0) is 26.2 Å². The Kier molecular flexibility index (Phi) is 2.43. The van der Waals surface area contributed by atoms with Crippen molar-refractivity contribution in [3.8, 4) is 0 Å². The second-order valence-electron chi connectivity index (χ2n) is 4.26. The molecule has 1 aliphatic rings. The number of carbonyl (C=O) groups excluding carboxylic acids is 1. The summed E-state index contributed by atoms with van der Waals surface area (Å²) in [4.78, 5) is 28.3. The van der Waals surface area contributed by atoms with E-state index in [2.05, 4.69) is 10.1 Å². The Morgan fingerprint density at radius 1 is 1.56 bits per heavy atom. The number of fused-ring (bicyclic) bond motifs is 2. The third-order valence-corrected chi connectivity index (χ3v) is 3.18. The number of ether oxygens (including phenoxy) is 1. The molecule has 0 saturated carbocycles. The summed E-state index contributed by atoms with van der Waals surface area (Å²) in [5.41, 5.74) is 2.13. The third-order valence-electron chi connectivity index (χ3n) is 3.18. The smallest absolute Gasteiger partial charge is 0.343 e. The van der Waals surface area contributed by atoms with Crippen molar-refractivity contribution in [2.75, 3.05) is 6.61 Å². The topological polar surface area (TPSA) is 76.5 Å². The summed E-state index contributed by atoms with van der Waals surface area (Å²) < 4.78 is 6.26. The van der Waals surface area contributed by atoms with E-state index >= 15 is 0 Å². The van der Waals surface area contributed by atoms with Crippen molar-refractivity contribution < 1.29 is 9.53 Å². The fourth-order valence-electron chi connectivity index (χ4n) is 2.34. The molecule has 0 saturated heterocycles. The van der Waals surface area contributed by atoms with Crippen molar-refractivity contribution in [1.29, 1.82) is 0 Å². The maximum Gasteiger partial charge on any atom is 0.343 e. The van der Waals surface area contributed by atoms with E-state index in [1.807, 2.05) is 0 Å². The number of rotatable bonds is 2. The molecule has 0 amide bonds. The minimum atomic E-state index is -0.457. The number of aromatic amines is 1. The summed E-state index contributed by atoms with van der Waals surface area (Å²) in [6, 6.07) is 0. The minimum Gasteiger partial charge on any atom is -0.462 e. The van der Waals surface area contributed by atoms with Crippen LogP contribution in [-0.4, -0.2) is 27.2 Å². The van der Waals surface area contributed by atoms with Crippen LogP contribution in [0.15, 0.2) is 11.0 Å². The molecule has 6 heteroatoms. The van der Waals surface area contributed by atoms with Gasteiger partial charge < -0.3 is 4.74 Å². The van der Waals surface area contributed by atoms with Crippen LogP contribution in [0.3, 0.4) is 0 Å². The summed E-state index contributed by atoms with van der Waals surface area (Å²) >= 11 is 0. The first-order valence-electron chi connectivity index (χ1n) is 6.01. The van der Waals surface area contributed by atoms with Gasteiger partial charge in [0.25, 0.3) is 5.56 Å². The lowest BCUT2D eigenvalue weighted by Gasteiger charge is -2.01. The number of nitrogens with zero attached hydrogens (tertiary/aromatic N) is 2. The maximum absolute atomic E-state index is 12.2. The molecule has 0 aliphatic heterocycles. The van der Waals surface area contributed by atoms with Crippen LogP contribution in [0.2, 0.25) is 0 Å². The number of aromatic nitrogens is 3. The van der Waals surface area contributed by atoms with Gasteiger partial charge in [0.05, 0.1) is 12.3 Å². The highest BCUT2D eigenvalue weighted by Crippen LogP contribution is 2.18. The predicted octanol–water partition coefficient (Wildman–Crippen LogP) is 0.688. The molecule has 0 bridgehead atoms. The Morgan fingerprint density at radius 2 is 2.39 bits per heavy atom. The maximum atomic E-state index is 12.2. The monoisotopic (exact) mass is 247 g/mol. The van der Waals surface area contributed by atoms with Gasteiger partial charge in [0.1, 0.15) is 5.56 Å². The number of carbonyl (C=O) groups is 1. The summed E-state index contributed by atoms with van der Waals surface area (Å²) in [6.07, 6.45) is 3.97. The molecule has 0 aromatic carbocycles. The third kappa shape index (κ3) is 1.45. The highest BCUT2D eigenvalue weighted by molar-refractivity contribution is 5.95. The van der Waals surface area contributed by atoms with Crippen LogP contribution in [0.1, 0.15) is 35.0 Å². The lowest BCUT2D eigenvalue weighted by molar-refractivity contribution is 0.0528. The summed E-state index contributed by atoms with van der Waals surface area (Å²) in [6.45, 7) is 2.04. The van der Waals surface area contributed by atoms with E-state index in [0.29, 0.717) is 17.8 Å². The Labute approximate surface area is 103 Å². The largest absolute Gasteiger partial charge is 0.462 e. The quantitative estimate of drug-likeness (QED) is 0.792. The lowest BCUT2D eigenvalue weighted by atomic mass is 10.2. The molecule has 94 valence electrons. The molecular formula is C12H13N3O3. The van der Waals surface area contributed by atoms with Crippen LogP contribution >= 0.6 is 0 Å². The van der Waals surface area contributed by atoms with Crippen LogP contribution in [0.4, 0.5) is 0 Å². The molecule has 0 radical (unpaired) electrons. The molecule has 3 rings (SSSR count). The summed E-state index contributed by atoms with van der Waals surface area (Å²) in [7, 11) is 0. The highest BCUT2D eigenvalue weighted by atomic mass is 16.5. The Bertz CT molecular complexity index is 684. The van der Waals surface area contributed by atoms with Gasteiger partial charge in [0.2, 0.25) is 0 Å². The van der Waals surface area contributed by atoms with Crippen molar-refractivity contribution in [2.24, 2.45) is 0 Å². The molecule has 6 nitrogen and oxygen atoms in total. The molecule has 2 heterocycles. The molecular weight excluding hydrogens is 234 g/mol. The van der Waals surface area contributed by atoms with E-state index in [9.17, 15) is 9.59 Å². The van der Waals surface area contributed by atoms with Crippen molar-refractivity contribution in [2.45, 2.75) is 26.2 Å². The molecule has 1 N–H and O–H groups in total. The van der Waals surface area contributed by atoms with Gasteiger partial charge in [-0.2, -0.15) is 0 Å². The molecule has 18 heavy (non-hydrogen) atoms. The molecule has 0 spiro atoms. The van der Waals surface area contributed by atoms with Gasteiger partial charge in [-0.15, -0.1) is 0 Å². The van der Waals surface area contributed by atoms with Gasteiger partial charge in [-0.1, -0.05) is 0 Å². The minimum absolute atomic E-state index is 0.108. The second kappa shape index (κ2) is 3.97. The average Bonchev–Trinajstić information content (AvgIpc) is 2.95. The zero-order valence-electron chi connectivity index (χ0n) is 10.0. The Hall–Kier alpha value is -2.11. The van der Waals surface area contributed by atoms with E-state index in [1.54, 1.807) is 6.92 Å². The number of H-pyrrole nitrogens is 1. The molecule has 0 fully saturated rings. The SMILES string of the molecule is CCOC(=O)c1c[nH]n2c(=O)c3c(nc12)CCC3. The number of esters is 1. The Balaban J connectivity index is 2.23. The average molecular weight is 247 g/mol. The van der Waals surface area contributed by atoms with Gasteiger partial charge in [0.15, 0.2) is 5.65 Å². The predicted molar refractivity (Wildman–Crippen MR) is 63.8 cm³/mol. The molecule has 0 atom stereocenters. The highest BCUT2D eigenvalue weighted by Gasteiger charge is 2.22. The van der Waals surface area contributed by atoms with Crippen LogP contribution in [0.25, 0.3) is 5.65 Å². The van der Waals surface area contributed by atoms with Gasteiger partial charge in [-0.3, -0.25) is 9.89 Å². The fraction of sp³-hybridized carbons (Fsp3) is 0.417. The van der Waals surface area contributed by atoms with E-state index in [1.165, 1.54) is 10.7 Å². The number of hydrogen-bond donors (Lipinski definition) is 1. The van der Waals surface area contributed by atoms with E-state index in [0.717, 1.165) is 30.5 Å². The van der Waals surface area contributed by atoms with Gasteiger partial charge in [0, 0.05) is 11.8 Å². The molecule has 0 unspecified atom stereocenters. The van der Waals surface area contributed by atoms with Crippen molar-refractivity contribution in [3.63, 3.8) is 0 Å². The first-order chi connectivity index (χ1) is 8.72. The van der Waals surface area contributed by atoms with Gasteiger partial charge in [-0.25, -0.2) is 14.3 Å². The second-order valence-corrected chi connectivity index (χ2v) is 4.26. The lowest BCUT2D eigenvalue weighted by Crippen LogP contribution is -2.20. The Morgan fingerprint density at radius 3 is 3.17 bits per heavy atom. The first-order valence-corrected chi connectivity index (χ1v) is 6.01. The van der Waals surface area contributed by atoms with E-state index in [4.69, 9.17) is 4.74 Å². The van der Waals surface area contributed by atoms with Crippen LogP contribution in [0.5, 0.6) is 0 Å². The fourth-order valence-corrected chi connectivity index (χ4v) is 2.34. The standard InChI is InChI=1S/C12H13N3O3/c1-2-18-12(17)8-6-13-15-10(8)14-9-5-3-4-7(9)11(15)16/h6,13H,2-5H2,1H3. The number of hydrogen-bond acceptors (Lipinski definition) is 4. The van der Waals surface area contributed by atoms with E-state index in [-0.39, 0.29) is 5.56 Å². The van der Waals surface area contributed by atoms with Gasteiger partial charge >= 0.3 is 5.97 Å². The van der Waals surface area contributed by atoms with Crippen molar-refractivity contribution >= 4 is 11.6 Å². The summed E-state index contributed by atoms with van der Waals surface area (Å²) in [5, 5.41) is 2.77. The zero-order valence-corrected chi connectivity index (χ0v) is 10.0. The zero-order chi connectivity index (χ0) is 12.7.